The van der Waals surface area contributed by atoms with E-state index < -0.39 is 5.97 Å². The summed E-state index contributed by atoms with van der Waals surface area (Å²) in [6.45, 7) is 5.29. The van der Waals surface area contributed by atoms with Gasteiger partial charge >= 0.3 is 5.97 Å². The van der Waals surface area contributed by atoms with Gasteiger partial charge < -0.3 is 14.8 Å². The average Bonchev–Trinajstić information content (AvgIpc) is 2.69. The molecule has 0 aliphatic heterocycles. The number of thioether (sulfide) groups is 1. The Hall–Kier alpha value is -1.27. The maximum absolute atomic E-state index is 12.3. The highest BCUT2D eigenvalue weighted by molar-refractivity contribution is 8.00. The monoisotopic (exact) mass is 285 g/mol. The van der Waals surface area contributed by atoms with E-state index in [1.807, 2.05) is 0 Å². The van der Waals surface area contributed by atoms with Gasteiger partial charge in [0.25, 0.3) is 0 Å². The predicted molar refractivity (Wildman–Crippen MR) is 74.9 cm³/mol. The van der Waals surface area contributed by atoms with Crippen molar-refractivity contribution in [3.8, 4) is 0 Å². The minimum absolute atomic E-state index is 0.0401. The molecule has 106 valence electrons. The van der Waals surface area contributed by atoms with Crippen LogP contribution in [0.25, 0.3) is 0 Å². The average molecular weight is 285 g/mol. The van der Waals surface area contributed by atoms with E-state index in [9.17, 15) is 9.59 Å². The molecule has 0 aromatic carbocycles. The van der Waals surface area contributed by atoms with E-state index in [1.54, 1.807) is 20.8 Å². The van der Waals surface area contributed by atoms with Crippen molar-refractivity contribution >= 4 is 23.5 Å². The van der Waals surface area contributed by atoms with Gasteiger partial charge in [-0.25, -0.2) is 4.79 Å². The molecule has 0 aliphatic carbocycles. The zero-order chi connectivity index (χ0) is 14.6. The van der Waals surface area contributed by atoms with Crippen molar-refractivity contribution in [2.75, 3.05) is 19.5 Å². The molecule has 0 amide bonds. The number of carbonyl (C=O) groups is 2. The van der Waals surface area contributed by atoms with Crippen LogP contribution in [0.3, 0.4) is 0 Å². The van der Waals surface area contributed by atoms with Crippen LogP contribution in [0.2, 0.25) is 0 Å². The molecule has 19 heavy (non-hydrogen) atoms. The zero-order valence-electron chi connectivity index (χ0n) is 11.6. The standard InChI is InChI=1S/C13H19NO4S/c1-7-10(13(17)18-4)8(2)14-11(7)12(16)9(3)19-6-5-15/h9,14-15H,5-6H2,1-4H3. The van der Waals surface area contributed by atoms with Crippen molar-refractivity contribution in [3.05, 3.63) is 22.5 Å². The van der Waals surface area contributed by atoms with Crippen LogP contribution in [-0.4, -0.2) is 46.6 Å². The lowest BCUT2D eigenvalue weighted by Crippen LogP contribution is -2.16. The molecular formula is C13H19NO4S. The van der Waals surface area contributed by atoms with Crippen molar-refractivity contribution < 1.29 is 19.4 Å². The number of methoxy groups -OCH3 is 1. The largest absolute Gasteiger partial charge is 0.465 e. The third kappa shape index (κ3) is 3.39. The molecule has 1 rings (SSSR count). The van der Waals surface area contributed by atoms with Crippen LogP contribution in [-0.2, 0) is 4.74 Å². The first-order valence-electron chi connectivity index (χ1n) is 5.98. The number of ketones is 1. The molecule has 0 bridgehead atoms. The molecule has 6 heteroatoms. The second-order valence-corrected chi connectivity index (χ2v) is 5.67. The summed E-state index contributed by atoms with van der Waals surface area (Å²) in [4.78, 5) is 26.9. The summed E-state index contributed by atoms with van der Waals surface area (Å²) >= 11 is 1.38. The molecule has 0 spiro atoms. The highest BCUT2D eigenvalue weighted by Crippen LogP contribution is 2.23. The number of esters is 1. The van der Waals surface area contributed by atoms with E-state index in [0.717, 1.165) is 0 Å². The molecular weight excluding hydrogens is 266 g/mol. The summed E-state index contributed by atoms with van der Waals surface area (Å²) in [6.07, 6.45) is 0. The van der Waals surface area contributed by atoms with Crippen molar-refractivity contribution in [2.24, 2.45) is 0 Å². The van der Waals surface area contributed by atoms with Gasteiger partial charge in [-0.15, -0.1) is 11.8 Å². The first-order valence-corrected chi connectivity index (χ1v) is 7.03. The minimum Gasteiger partial charge on any atom is -0.465 e. The third-order valence-corrected chi connectivity index (χ3v) is 4.03. The van der Waals surface area contributed by atoms with Crippen LogP contribution in [0.4, 0.5) is 0 Å². The lowest BCUT2D eigenvalue weighted by molar-refractivity contribution is 0.0599. The van der Waals surface area contributed by atoms with Crippen LogP contribution >= 0.6 is 11.8 Å². The van der Waals surface area contributed by atoms with Crippen molar-refractivity contribution in [2.45, 2.75) is 26.0 Å². The van der Waals surface area contributed by atoms with E-state index in [-0.39, 0.29) is 17.6 Å². The SMILES string of the molecule is COC(=O)c1c(C)[nH]c(C(=O)C(C)SCCO)c1C. The number of nitrogens with one attached hydrogen (secondary N) is 1. The Labute approximate surface area is 116 Å². The highest BCUT2D eigenvalue weighted by Gasteiger charge is 2.25. The molecule has 1 atom stereocenters. The van der Waals surface area contributed by atoms with E-state index in [1.165, 1.54) is 18.9 Å². The van der Waals surface area contributed by atoms with Gasteiger partial charge in [-0.1, -0.05) is 0 Å². The number of Topliss-reactive ketones (excluding diaryl/α,β-unsaturated/α-hetero) is 1. The van der Waals surface area contributed by atoms with E-state index in [0.29, 0.717) is 28.3 Å². The van der Waals surface area contributed by atoms with Crippen LogP contribution in [0.1, 0.15) is 39.0 Å². The maximum Gasteiger partial charge on any atom is 0.339 e. The molecule has 0 aliphatic rings. The number of aromatic nitrogens is 1. The van der Waals surface area contributed by atoms with E-state index in [2.05, 4.69) is 4.98 Å². The molecule has 5 nitrogen and oxygen atoms in total. The number of aliphatic hydroxyl groups is 1. The predicted octanol–water partition coefficient (Wildman–Crippen LogP) is 1.71. The van der Waals surface area contributed by atoms with Gasteiger partial charge in [0, 0.05) is 11.4 Å². The number of aryl methyl sites for hydroxylation is 1. The summed E-state index contributed by atoms with van der Waals surface area (Å²) in [5.74, 6) is -0.00894. The van der Waals surface area contributed by atoms with Gasteiger partial charge in [0.05, 0.1) is 30.2 Å². The molecule has 0 saturated heterocycles. The van der Waals surface area contributed by atoms with Gasteiger partial charge in [-0.05, 0) is 26.3 Å². The molecule has 1 aromatic rings. The number of H-pyrrole nitrogens is 1. The Morgan fingerprint density at radius 2 is 2.05 bits per heavy atom. The summed E-state index contributed by atoms with van der Waals surface area (Å²) in [5, 5.41) is 8.50. The summed E-state index contributed by atoms with van der Waals surface area (Å²) < 4.78 is 4.71. The van der Waals surface area contributed by atoms with Crippen molar-refractivity contribution in [3.63, 3.8) is 0 Å². The Kier molecular flexibility index (Phi) is 5.62. The fourth-order valence-corrected chi connectivity index (χ4v) is 2.64. The number of aromatic amines is 1. The number of ether oxygens (including phenoxy) is 1. The Morgan fingerprint density at radius 3 is 2.58 bits per heavy atom. The fraction of sp³-hybridized carbons (Fsp3) is 0.538. The molecule has 1 heterocycles. The topological polar surface area (TPSA) is 79.4 Å². The lowest BCUT2D eigenvalue weighted by Gasteiger charge is -2.09. The van der Waals surface area contributed by atoms with Gasteiger partial charge in [0.15, 0.2) is 5.78 Å². The normalized spacial score (nSPS) is 12.3. The molecule has 0 radical (unpaired) electrons. The van der Waals surface area contributed by atoms with Gasteiger partial charge in [0.2, 0.25) is 0 Å². The number of hydrogen-bond acceptors (Lipinski definition) is 5. The maximum atomic E-state index is 12.3. The Balaban J connectivity index is 3.02. The molecule has 0 fully saturated rings. The zero-order valence-corrected chi connectivity index (χ0v) is 12.4. The van der Waals surface area contributed by atoms with Crippen LogP contribution in [0.5, 0.6) is 0 Å². The highest BCUT2D eigenvalue weighted by atomic mass is 32.2. The summed E-state index contributed by atoms with van der Waals surface area (Å²) in [7, 11) is 1.31. The fourth-order valence-electron chi connectivity index (χ4n) is 1.91. The van der Waals surface area contributed by atoms with Crippen molar-refractivity contribution in [1.82, 2.24) is 4.98 Å². The molecule has 2 N–H and O–H groups in total. The Morgan fingerprint density at radius 1 is 1.42 bits per heavy atom. The Bertz CT molecular complexity index is 481. The van der Waals surface area contributed by atoms with Crippen LogP contribution in [0.15, 0.2) is 0 Å². The summed E-state index contributed by atoms with van der Waals surface area (Å²) in [5.41, 5.74) is 2.11. The minimum atomic E-state index is -0.444. The quantitative estimate of drug-likeness (QED) is 0.614. The second kappa shape index (κ2) is 6.77. The van der Waals surface area contributed by atoms with E-state index in [4.69, 9.17) is 9.84 Å². The smallest absolute Gasteiger partial charge is 0.339 e. The van der Waals surface area contributed by atoms with Crippen LogP contribution in [0, 0.1) is 13.8 Å². The van der Waals surface area contributed by atoms with Gasteiger partial charge in [-0.2, -0.15) is 0 Å². The lowest BCUT2D eigenvalue weighted by atomic mass is 10.1. The number of hydrogen-bond donors (Lipinski definition) is 2. The van der Waals surface area contributed by atoms with E-state index >= 15 is 0 Å². The number of aliphatic hydroxyl groups excluding tert-OH is 1. The molecule has 1 aromatic heterocycles. The van der Waals surface area contributed by atoms with Crippen molar-refractivity contribution in [1.29, 1.82) is 0 Å². The molecule has 0 saturated carbocycles. The van der Waals surface area contributed by atoms with Gasteiger partial charge in [0.1, 0.15) is 0 Å². The first kappa shape index (κ1) is 15.8. The number of carbonyl (C=O) groups excluding carboxylic acids is 2. The summed E-state index contributed by atoms with van der Waals surface area (Å²) in [6, 6.07) is 0. The number of rotatable bonds is 6. The molecule has 1 unspecified atom stereocenters. The third-order valence-electron chi connectivity index (χ3n) is 2.90. The first-order chi connectivity index (χ1) is 8.93. The van der Waals surface area contributed by atoms with Crippen LogP contribution < -0.4 is 0 Å². The van der Waals surface area contributed by atoms with Gasteiger partial charge in [-0.3, -0.25) is 4.79 Å². The second-order valence-electron chi connectivity index (χ2n) is 4.22.